The summed E-state index contributed by atoms with van der Waals surface area (Å²) in [6.07, 6.45) is 0. The molecular formula is C23H37ClN6O3. The zero-order valence-corrected chi connectivity index (χ0v) is 21.8. The van der Waals surface area contributed by atoms with E-state index in [4.69, 9.17) is 17.4 Å². The van der Waals surface area contributed by atoms with Crippen molar-refractivity contribution >= 4 is 29.2 Å². The van der Waals surface area contributed by atoms with Crippen molar-refractivity contribution < 1.29 is 9.59 Å². The summed E-state index contributed by atoms with van der Waals surface area (Å²) in [6, 6.07) is 5.52. The number of aryl methyl sites for hydroxylation is 1. The predicted molar refractivity (Wildman–Crippen MR) is 134 cm³/mol. The fraction of sp³-hybridized carbons (Fsp3) is 0.565. The molecule has 0 saturated heterocycles. The van der Waals surface area contributed by atoms with Gasteiger partial charge in [0.1, 0.15) is 5.88 Å². The summed E-state index contributed by atoms with van der Waals surface area (Å²) in [7, 11) is 0. The van der Waals surface area contributed by atoms with Gasteiger partial charge in [-0.15, -0.1) is 21.4 Å². The van der Waals surface area contributed by atoms with Crippen molar-refractivity contribution in [2.45, 2.75) is 79.8 Å². The number of halogens is 1. The fourth-order valence-electron chi connectivity index (χ4n) is 3.05. The lowest BCUT2D eigenvalue weighted by Crippen LogP contribution is -2.47. The lowest BCUT2D eigenvalue weighted by Gasteiger charge is -2.28. The van der Waals surface area contributed by atoms with Crippen LogP contribution in [0.2, 0.25) is 0 Å². The van der Waals surface area contributed by atoms with Crippen LogP contribution in [0.15, 0.2) is 23.0 Å². The van der Waals surface area contributed by atoms with Crippen molar-refractivity contribution in [2.24, 2.45) is 0 Å². The third kappa shape index (κ3) is 7.35. The maximum Gasteiger partial charge on any atom is 0.373 e. The van der Waals surface area contributed by atoms with Crippen LogP contribution in [0.1, 0.15) is 71.3 Å². The van der Waals surface area contributed by atoms with Crippen molar-refractivity contribution in [2.75, 3.05) is 16.6 Å². The smallest absolute Gasteiger partial charge is 0.333 e. The molecule has 0 fully saturated rings. The Balaban J connectivity index is 0.000000331. The van der Waals surface area contributed by atoms with Crippen LogP contribution in [0, 0.1) is 13.8 Å². The minimum absolute atomic E-state index is 0.0194. The van der Waals surface area contributed by atoms with E-state index in [2.05, 4.69) is 10.4 Å². The van der Waals surface area contributed by atoms with Gasteiger partial charge in [-0.05, 0) is 65.7 Å². The van der Waals surface area contributed by atoms with Crippen molar-refractivity contribution in [3.63, 3.8) is 0 Å². The molecular weight excluding hydrogens is 444 g/mol. The highest BCUT2D eigenvalue weighted by atomic mass is 35.5. The third-order valence-corrected chi connectivity index (χ3v) is 4.99. The van der Waals surface area contributed by atoms with Crippen LogP contribution in [-0.4, -0.2) is 43.9 Å². The van der Waals surface area contributed by atoms with Gasteiger partial charge in [-0.1, -0.05) is 26.0 Å². The van der Waals surface area contributed by atoms with Gasteiger partial charge in [0.15, 0.2) is 5.82 Å². The number of carbonyl (C=O) groups excluding carboxylic acids is 2. The Hall–Kier alpha value is -2.81. The Labute approximate surface area is 200 Å². The molecule has 2 rings (SSSR count). The third-order valence-electron chi connectivity index (χ3n) is 4.76. The highest BCUT2D eigenvalue weighted by molar-refractivity contribution is 6.29. The molecule has 0 bridgehead atoms. The molecule has 0 radical (unpaired) electrons. The van der Waals surface area contributed by atoms with Crippen LogP contribution < -0.4 is 21.7 Å². The number of nitrogen functional groups attached to an aromatic ring is 1. The van der Waals surface area contributed by atoms with E-state index < -0.39 is 17.3 Å². The second kappa shape index (κ2) is 11.4. The summed E-state index contributed by atoms with van der Waals surface area (Å²) in [5, 5.41) is 6.57. The standard InChI is InChI=1S/C13H18ClNO.C10H19N5O2/c1-9(2)15(13(16)8-14)12-7-5-6-10(3)11(12)4;1-6(2)7-13-15(9(17)14(7)11)8(16)12-10(3,4)5/h5-7,9H,8H2,1-4H3;6H,11H2,1-5H3,(H,12,16). The SMILES string of the molecule is CC(C)c1nn(C(=O)NC(C)(C)C)c(=O)n1N.Cc1cccc(N(C(=O)CCl)C(C)C)c1C. The Morgan fingerprint density at radius 2 is 1.76 bits per heavy atom. The molecule has 33 heavy (non-hydrogen) atoms. The van der Waals surface area contributed by atoms with E-state index in [1.807, 2.05) is 80.5 Å². The zero-order valence-electron chi connectivity index (χ0n) is 21.1. The Kier molecular flexibility index (Phi) is 9.71. The molecule has 0 atom stereocenters. The number of rotatable bonds is 4. The van der Waals surface area contributed by atoms with Gasteiger partial charge in [0, 0.05) is 23.2 Å². The van der Waals surface area contributed by atoms with Gasteiger partial charge in [0.25, 0.3) is 0 Å². The highest BCUT2D eigenvalue weighted by Crippen LogP contribution is 2.25. The minimum atomic E-state index is -0.643. The Morgan fingerprint density at radius 3 is 2.18 bits per heavy atom. The molecule has 0 aliphatic heterocycles. The zero-order chi connectivity index (χ0) is 25.7. The molecule has 1 aromatic carbocycles. The molecule has 2 amide bonds. The van der Waals surface area contributed by atoms with Crippen molar-refractivity contribution in [1.82, 2.24) is 19.8 Å². The largest absolute Gasteiger partial charge is 0.373 e. The number of nitrogens with two attached hydrogens (primary N) is 1. The molecule has 1 aromatic heterocycles. The fourth-order valence-corrected chi connectivity index (χ4v) is 3.18. The Bertz CT molecular complexity index is 1030. The predicted octanol–water partition coefficient (Wildman–Crippen LogP) is 3.52. The van der Waals surface area contributed by atoms with Crippen molar-refractivity contribution in [1.29, 1.82) is 0 Å². The number of alkyl halides is 1. The summed E-state index contributed by atoms with van der Waals surface area (Å²) < 4.78 is 1.65. The lowest BCUT2D eigenvalue weighted by atomic mass is 10.1. The molecule has 0 saturated carbocycles. The average molecular weight is 481 g/mol. The van der Waals surface area contributed by atoms with E-state index in [0.717, 1.165) is 20.6 Å². The van der Waals surface area contributed by atoms with Gasteiger partial charge in [-0.2, -0.15) is 4.68 Å². The van der Waals surface area contributed by atoms with E-state index in [-0.39, 0.29) is 23.7 Å². The molecule has 9 nitrogen and oxygen atoms in total. The first-order valence-electron chi connectivity index (χ1n) is 10.9. The molecule has 0 aliphatic rings. The number of hydrogen-bond acceptors (Lipinski definition) is 5. The van der Waals surface area contributed by atoms with Crippen LogP contribution >= 0.6 is 11.6 Å². The minimum Gasteiger partial charge on any atom is -0.333 e. The number of carbonyl (C=O) groups is 2. The Morgan fingerprint density at radius 1 is 1.18 bits per heavy atom. The first kappa shape index (κ1) is 28.2. The second-order valence-electron chi connectivity index (χ2n) is 9.47. The molecule has 184 valence electrons. The van der Waals surface area contributed by atoms with Gasteiger partial charge in [0.05, 0.1) is 0 Å². The van der Waals surface area contributed by atoms with E-state index in [1.54, 1.807) is 4.90 Å². The highest BCUT2D eigenvalue weighted by Gasteiger charge is 2.22. The molecule has 0 unspecified atom stereocenters. The van der Waals surface area contributed by atoms with Gasteiger partial charge in [0.2, 0.25) is 5.91 Å². The van der Waals surface area contributed by atoms with Crippen LogP contribution in [0.5, 0.6) is 0 Å². The maximum absolute atomic E-state index is 11.8. The van der Waals surface area contributed by atoms with Gasteiger partial charge in [-0.3, -0.25) is 4.79 Å². The molecule has 10 heteroatoms. The normalized spacial score (nSPS) is 11.3. The molecule has 1 heterocycles. The van der Waals surface area contributed by atoms with Crippen LogP contribution in [0.4, 0.5) is 10.5 Å². The number of benzene rings is 1. The van der Waals surface area contributed by atoms with Crippen LogP contribution in [0.3, 0.4) is 0 Å². The van der Waals surface area contributed by atoms with E-state index >= 15 is 0 Å². The van der Waals surface area contributed by atoms with E-state index in [0.29, 0.717) is 5.82 Å². The summed E-state index contributed by atoms with van der Waals surface area (Å²) in [5.41, 5.74) is 2.20. The summed E-state index contributed by atoms with van der Waals surface area (Å²) in [6.45, 7) is 17.2. The van der Waals surface area contributed by atoms with Crippen LogP contribution in [0.25, 0.3) is 0 Å². The molecule has 0 spiro atoms. The number of nitrogens with one attached hydrogen (secondary N) is 1. The topological polar surface area (TPSA) is 115 Å². The summed E-state index contributed by atoms with van der Waals surface area (Å²) in [5.74, 6) is 5.86. The van der Waals surface area contributed by atoms with Gasteiger partial charge >= 0.3 is 11.7 Å². The average Bonchev–Trinajstić information content (AvgIpc) is 2.99. The van der Waals surface area contributed by atoms with Crippen LogP contribution in [-0.2, 0) is 4.79 Å². The van der Waals surface area contributed by atoms with Crippen molar-refractivity contribution in [3.8, 4) is 0 Å². The number of aromatic nitrogens is 3. The summed E-state index contributed by atoms with van der Waals surface area (Å²) in [4.78, 5) is 37.1. The quantitative estimate of drug-likeness (QED) is 0.513. The molecule has 2 aromatic rings. The number of nitrogens with zero attached hydrogens (tertiary/aromatic N) is 4. The van der Waals surface area contributed by atoms with Gasteiger partial charge in [-0.25, -0.2) is 9.59 Å². The van der Waals surface area contributed by atoms with Gasteiger partial charge < -0.3 is 16.1 Å². The maximum atomic E-state index is 11.8. The first-order chi connectivity index (χ1) is 15.1. The first-order valence-corrected chi connectivity index (χ1v) is 11.4. The number of amides is 2. The summed E-state index contributed by atoms with van der Waals surface area (Å²) >= 11 is 5.64. The van der Waals surface area contributed by atoms with E-state index in [9.17, 15) is 14.4 Å². The van der Waals surface area contributed by atoms with E-state index in [1.165, 1.54) is 5.56 Å². The number of anilines is 1. The lowest BCUT2D eigenvalue weighted by molar-refractivity contribution is -0.116. The molecule has 0 aliphatic carbocycles. The monoisotopic (exact) mass is 480 g/mol. The number of hydrogen-bond donors (Lipinski definition) is 2. The second-order valence-corrected chi connectivity index (χ2v) is 9.73. The van der Waals surface area contributed by atoms with Crippen molar-refractivity contribution in [3.05, 3.63) is 45.6 Å². The molecule has 3 N–H and O–H groups in total.